The van der Waals surface area contributed by atoms with Crippen LogP contribution >= 0.6 is 0 Å². The number of hydrogen-bond acceptors (Lipinski definition) is 6. The minimum absolute atomic E-state index is 0.409. The van der Waals surface area contributed by atoms with E-state index in [1.165, 1.54) is 0 Å². The summed E-state index contributed by atoms with van der Waals surface area (Å²) >= 11 is 0. The maximum Gasteiger partial charge on any atom is 0.307 e. The number of fused-ring (bicyclic) bond motifs is 8. The monoisotopic (exact) mass is 629 g/mol. The molecule has 4 aromatic heterocycles. The lowest BCUT2D eigenvalue weighted by Crippen LogP contribution is -2.07. The highest BCUT2D eigenvalue weighted by molar-refractivity contribution is 6.23. The van der Waals surface area contributed by atoms with Gasteiger partial charge in [-0.2, -0.15) is 20.2 Å². The molecule has 228 valence electrons. The van der Waals surface area contributed by atoms with E-state index in [0.717, 1.165) is 54.7 Å². The van der Waals surface area contributed by atoms with E-state index >= 15 is 0 Å². The number of nitrogens with zero attached hydrogens (tertiary/aromatic N) is 7. The van der Waals surface area contributed by atoms with E-state index in [9.17, 15) is 5.26 Å². The highest BCUT2D eigenvalue weighted by Crippen LogP contribution is 2.41. The van der Waals surface area contributed by atoms with Gasteiger partial charge in [-0.1, -0.05) is 109 Å². The summed E-state index contributed by atoms with van der Waals surface area (Å²) in [5, 5.41) is 13.7. The second-order valence-electron chi connectivity index (χ2n) is 11.9. The Bertz CT molecular complexity index is 2890. The summed E-state index contributed by atoms with van der Waals surface area (Å²) in [7, 11) is 0. The van der Waals surface area contributed by atoms with Crippen molar-refractivity contribution in [1.29, 1.82) is 5.26 Å². The summed E-state index contributed by atoms with van der Waals surface area (Å²) in [5.41, 5.74) is 7.25. The first-order valence-electron chi connectivity index (χ1n) is 15.9. The highest BCUT2D eigenvalue weighted by Gasteiger charge is 2.25. The van der Waals surface area contributed by atoms with E-state index < -0.39 is 0 Å². The van der Waals surface area contributed by atoms with Crippen molar-refractivity contribution in [2.45, 2.75) is 0 Å². The van der Waals surface area contributed by atoms with E-state index in [0.29, 0.717) is 40.3 Å². The Hall–Kier alpha value is -7.11. The smallest absolute Gasteiger partial charge is 0.307 e. The lowest BCUT2D eigenvalue weighted by molar-refractivity contribution is 0.574. The van der Waals surface area contributed by atoms with Gasteiger partial charge in [-0.15, -0.1) is 0 Å². The zero-order valence-corrected chi connectivity index (χ0v) is 25.8. The van der Waals surface area contributed by atoms with Crippen LogP contribution in [-0.4, -0.2) is 29.1 Å². The molecule has 0 aliphatic carbocycles. The molecule has 0 fully saturated rings. The lowest BCUT2D eigenvalue weighted by atomic mass is 10.1. The number of oxazole rings is 1. The molecule has 8 nitrogen and oxygen atoms in total. The molecule has 0 unspecified atom stereocenters. The van der Waals surface area contributed by atoms with Gasteiger partial charge in [0.1, 0.15) is 5.52 Å². The zero-order valence-electron chi connectivity index (χ0n) is 25.8. The van der Waals surface area contributed by atoms with E-state index in [2.05, 4.69) is 57.7 Å². The van der Waals surface area contributed by atoms with Crippen LogP contribution < -0.4 is 0 Å². The number of benzene rings is 6. The van der Waals surface area contributed by atoms with Crippen LogP contribution in [0.4, 0.5) is 0 Å². The van der Waals surface area contributed by atoms with Gasteiger partial charge in [0, 0.05) is 38.7 Å². The average molecular weight is 630 g/mol. The normalized spacial score (nSPS) is 11.7. The Labute approximate surface area is 278 Å². The second kappa shape index (κ2) is 10.5. The predicted octanol–water partition coefficient (Wildman–Crippen LogP) is 9.41. The van der Waals surface area contributed by atoms with E-state index in [1.807, 2.05) is 84.9 Å². The fourth-order valence-electron chi connectivity index (χ4n) is 6.88. The SMILES string of the molecule is N#Cc1ccc2nc(-n3c4ccccc4c4ccc5c6ccccc6n(-c6nc(-c7ccccc7)nc(-c7ccccc7)n6)c5c43)oc2c1. The van der Waals surface area contributed by atoms with Crippen LogP contribution in [0.25, 0.3) is 89.5 Å². The standard InChI is InChI=1S/C41H23N7O/c42-24-25-19-22-32-35(23-25)49-41(43-32)48-34-18-10-8-16-29(34)31-21-20-30-28-15-7-9-17-33(28)47(36(30)37(31)48)40-45-38(26-11-3-1-4-12-26)44-39(46-40)27-13-5-2-6-14-27/h1-23H. The molecule has 0 spiro atoms. The average Bonchev–Trinajstić information content (AvgIpc) is 3.85. The van der Waals surface area contributed by atoms with Crippen molar-refractivity contribution in [2.75, 3.05) is 0 Å². The van der Waals surface area contributed by atoms with Crippen LogP contribution in [-0.2, 0) is 0 Å². The van der Waals surface area contributed by atoms with Crippen molar-refractivity contribution in [2.24, 2.45) is 0 Å². The summed E-state index contributed by atoms with van der Waals surface area (Å²) in [6.45, 7) is 0. The minimum atomic E-state index is 0.409. The van der Waals surface area contributed by atoms with Gasteiger partial charge in [-0.3, -0.25) is 9.13 Å². The molecule has 49 heavy (non-hydrogen) atoms. The summed E-state index contributed by atoms with van der Waals surface area (Å²) in [6.07, 6.45) is 0. The molecule has 0 radical (unpaired) electrons. The molecule has 0 amide bonds. The van der Waals surface area contributed by atoms with Gasteiger partial charge < -0.3 is 4.42 Å². The summed E-state index contributed by atoms with van der Waals surface area (Å²) < 4.78 is 10.7. The zero-order chi connectivity index (χ0) is 32.5. The Kier molecular flexibility index (Phi) is 5.77. The Balaban J connectivity index is 1.37. The summed E-state index contributed by atoms with van der Waals surface area (Å²) in [6, 6.07) is 48.8. The van der Waals surface area contributed by atoms with Crippen molar-refractivity contribution in [1.82, 2.24) is 29.1 Å². The first-order chi connectivity index (χ1) is 24.2. The fourth-order valence-corrected chi connectivity index (χ4v) is 6.88. The molecule has 0 aliphatic heterocycles. The third-order valence-electron chi connectivity index (χ3n) is 9.05. The number of para-hydroxylation sites is 2. The fraction of sp³-hybridized carbons (Fsp3) is 0. The van der Waals surface area contributed by atoms with Crippen molar-refractivity contribution in [3.63, 3.8) is 0 Å². The van der Waals surface area contributed by atoms with Crippen LogP contribution in [0.5, 0.6) is 0 Å². The predicted molar refractivity (Wildman–Crippen MR) is 192 cm³/mol. The first kappa shape index (κ1) is 27.0. The van der Waals surface area contributed by atoms with Crippen LogP contribution in [0, 0.1) is 11.3 Å². The van der Waals surface area contributed by atoms with Gasteiger partial charge in [0.2, 0.25) is 5.95 Å². The molecule has 8 heteroatoms. The van der Waals surface area contributed by atoms with Gasteiger partial charge >= 0.3 is 6.01 Å². The van der Waals surface area contributed by atoms with Crippen LogP contribution in [0.2, 0.25) is 0 Å². The molecule has 10 rings (SSSR count). The number of nitriles is 1. The maximum atomic E-state index is 9.54. The minimum Gasteiger partial charge on any atom is -0.423 e. The van der Waals surface area contributed by atoms with Gasteiger partial charge in [-0.05, 0) is 24.3 Å². The van der Waals surface area contributed by atoms with Crippen LogP contribution in [0.1, 0.15) is 5.56 Å². The molecule has 10 aromatic rings. The third-order valence-corrected chi connectivity index (χ3v) is 9.05. The maximum absolute atomic E-state index is 9.54. The molecule has 0 aliphatic rings. The Morgan fingerprint density at radius 1 is 0.510 bits per heavy atom. The highest BCUT2D eigenvalue weighted by atomic mass is 16.4. The topological polar surface area (TPSA) is 98.3 Å². The van der Waals surface area contributed by atoms with E-state index in [1.54, 1.807) is 12.1 Å². The molecule has 0 saturated heterocycles. The molecular formula is C41H23N7O. The Morgan fingerprint density at radius 3 is 1.67 bits per heavy atom. The molecule has 0 atom stereocenters. The first-order valence-corrected chi connectivity index (χ1v) is 15.9. The van der Waals surface area contributed by atoms with Crippen molar-refractivity contribution >= 4 is 54.7 Å². The van der Waals surface area contributed by atoms with Crippen LogP contribution in [0.15, 0.2) is 144 Å². The number of aromatic nitrogens is 6. The van der Waals surface area contributed by atoms with Gasteiger partial charge in [-0.25, -0.2) is 4.98 Å². The van der Waals surface area contributed by atoms with E-state index in [-0.39, 0.29) is 0 Å². The van der Waals surface area contributed by atoms with Crippen molar-refractivity contribution < 1.29 is 4.42 Å². The Morgan fingerprint density at radius 2 is 1.06 bits per heavy atom. The van der Waals surface area contributed by atoms with Gasteiger partial charge in [0.15, 0.2) is 17.2 Å². The summed E-state index contributed by atoms with van der Waals surface area (Å²) in [4.78, 5) is 20.2. The van der Waals surface area contributed by atoms with Gasteiger partial charge in [0.05, 0.1) is 33.7 Å². The van der Waals surface area contributed by atoms with E-state index in [4.69, 9.17) is 24.4 Å². The number of hydrogen-bond donors (Lipinski definition) is 0. The second-order valence-corrected chi connectivity index (χ2v) is 11.9. The van der Waals surface area contributed by atoms with Gasteiger partial charge in [0.25, 0.3) is 0 Å². The van der Waals surface area contributed by atoms with Crippen molar-refractivity contribution in [3.05, 3.63) is 145 Å². The molecule has 6 aromatic carbocycles. The molecule has 0 saturated carbocycles. The molecule has 4 heterocycles. The number of rotatable bonds is 4. The quantitative estimate of drug-likeness (QED) is 0.192. The molecule has 0 bridgehead atoms. The van der Waals surface area contributed by atoms with Crippen LogP contribution in [0.3, 0.4) is 0 Å². The molecule has 0 N–H and O–H groups in total. The third kappa shape index (κ3) is 4.10. The summed E-state index contributed by atoms with van der Waals surface area (Å²) in [5.74, 6) is 1.66. The van der Waals surface area contributed by atoms with Crippen molar-refractivity contribution in [3.8, 4) is 40.8 Å². The molecular weight excluding hydrogens is 606 g/mol. The largest absolute Gasteiger partial charge is 0.423 e. The lowest BCUT2D eigenvalue weighted by Gasteiger charge is -2.12.